The Morgan fingerprint density at radius 3 is 2.94 bits per heavy atom. The fraction of sp³-hybridized carbons (Fsp3) is 0.364. The Bertz CT molecular complexity index is 395. The second kappa shape index (κ2) is 5.83. The van der Waals surface area contributed by atoms with Crippen molar-refractivity contribution in [1.29, 1.82) is 5.26 Å². The first-order chi connectivity index (χ1) is 7.67. The average Bonchev–Trinajstić information content (AvgIpc) is 2.35. The molecule has 1 amide bonds. The average molecular weight is 219 g/mol. The summed E-state index contributed by atoms with van der Waals surface area (Å²) in [6, 6.07) is 5.01. The van der Waals surface area contributed by atoms with Crippen LogP contribution in [0.2, 0.25) is 0 Å². The minimum atomic E-state index is -0.270. The number of hydrogen-bond acceptors (Lipinski definition) is 4. The number of ether oxygens (including phenoxy) is 1. The van der Waals surface area contributed by atoms with E-state index in [1.54, 1.807) is 13.2 Å². The van der Waals surface area contributed by atoms with Crippen molar-refractivity contribution in [2.75, 3.05) is 13.7 Å². The zero-order valence-corrected chi connectivity index (χ0v) is 9.23. The van der Waals surface area contributed by atoms with Gasteiger partial charge in [0.25, 0.3) is 5.91 Å². The van der Waals surface area contributed by atoms with Crippen LogP contribution in [-0.4, -0.2) is 30.6 Å². The maximum atomic E-state index is 11.6. The summed E-state index contributed by atoms with van der Waals surface area (Å²) in [5.41, 5.74) is 0.726. The highest BCUT2D eigenvalue weighted by Gasteiger charge is 2.08. The fourth-order valence-corrected chi connectivity index (χ4v) is 1.00. The number of nitrogens with one attached hydrogen (secondary N) is 1. The maximum absolute atomic E-state index is 11.6. The molecule has 1 rings (SSSR count). The predicted molar refractivity (Wildman–Crippen MR) is 57.8 cm³/mol. The van der Waals surface area contributed by atoms with Crippen LogP contribution in [0, 0.1) is 11.3 Å². The first-order valence-electron chi connectivity index (χ1n) is 4.84. The quantitative estimate of drug-likeness (QED) is 0.809. The van der Waals surface area contributed by atoms with Gasteiger partial charge >= 0.3 is 0 Å². The van der Waals surface area contributed by atoms with Crippen molar-refractivity contribution in [2.45, 2.75) is 13.0 Å². The molecule has 84 valence electrons. The Kier molecular flexibility index (Phi) is 4.42. The molecule has 1 unspecified atom stereocenters. The summed E-state index contributed by atoms with van der Waals surface area (Å²) in [5.74, 6) is -0.270. The maximum Gasteiger partial charge on any atom is 0.269 e. The van der Waals surface area contributed by atoms with Gasteiger partial charge in [-0.3, -0.25) is 4.79 Å². The third kappa shape index (κ3) is 3.33. The highest BCUT2D eigenvalue weighted by molar-refractivity contribution is 5.92. The number of rotatable bonds is 4. The molecule has 5 heteroatoms. The van der Waals surface area contributed by atoms with Crippen LogP contribution in [0.25, 0.3) is 0 Å². The molecule has 0 aromatic carbocycles. The van der Waals surface area contributed by atoms with E-state index in [0.29, 0.717) is 17.8 Å². The second-order valence-electron chi connectivity index (χ2n) is 3.30. The Balaban J connectivity index is 2.57. The SMILES string of the molecule is COC(C)CNC(=O)c1ccc(C#N)cn1. The van der Waals surface area contributed by atoms with E-state index in [4.69, 9.17) is 10.00 Å². The first kappa shape index (κ1) is 12.1. The Hall–Kier alpha value is -1.93. The van der Waals surface area contributed by atoms with Gasteiger partial charge in [0.1, 0.15) is 11.8 Å². The van der Waals surface area contributed by atoms with Crippen molar-refractivity contribution in [3.05, 3.63) is 29.6 Å². The number of aromatic nitrogens is 1. The van der Waals surface area contributed by atoms with Gasteiger partial charge in [-0.05, 0) is 19.1 Å². The molecular weight excluding hydrogens is 206 g/mol. The van der Waals surface area contributed by atoms with E-state index in [-0.39, 0.29) is 12.0 Å². The molecule has 1 heterocycles. The van der Waals surface area contributed by atoms with E-state index in [9.17, 15) is 4.79 Å². The van der Waals surface area contributed by atoms with Crippen LogP contribution in [0.4, 0.5) is 0 Å². The van der Waals surface area contributed by atoms with Crippen molar-refractivity contribution < 1.29 is 9.53 Å². The number of hydrogen-bond donors (Lipinski definition) is 1. The highest BCUT2D eigenvalue weighted by atomic mass is 16.5. The van der Waals surface area contributed by atoms with Gasteiger partial charge in [0, 0.05) is 19.9 Å². The molecule has 1 aromatic rings. The topological polar surface area (TPSA) is 75.0 Å². The standard InChI is InChI=1S/C11H13N3O2/c1-8(16-2)6-14-11(15)10-4-3-9(5-12)7-13-10/h3-4,7-8H,6H2,1-2H3,(H,14,15). The van der Waals surface area contributed by atoms with E-state index >= 15 is 0 Å². The molecule has 0 radical (unpaired) electrons. The Morgan fingerprint density at radius 2 is 2.44 bits per heavy atom. The molecule has 0 spiro atoms. The zero-order valence-electron chi connectivity index (χ0n) is 9.23. The summed E-state index contributed by atoms with van der Waals surface area (Å²) < 4.78 is 4.99. The molecule has 0 saturated carbocycles. The normalized spacial score (nSPS) is 11.6. The molecule has 0 saturated heterocycles. The molecule has 5 nitrogen and oxygen atoms in total. The lowest BCUT2D eigenvalue weighted by Crippen LogP contribution is -2.32. The molecule has 1 N–H and O–H groups in total. The molecule has 0 aliphatic rings. The number of methoxy groups -OCH3 is 1. The van der Waals surface area contributed by atoms with Crippen molar-refractivity contribution in [1.82, 2.24) is 10.3 Å². The van der Waals surface area contributed by atoms with Gasteiger partial charge in [-0.15, -0.1) is 0 Å². The van der Waals surface area contributed by atoms with Gasteiger partial charge in [0.15, 0.2) is 0 Å². The Labute approximate surface area is 94.1 Å². The number of pyridine rings is 1. The predicted octanol–water partition coefficient (Wildman–Crippen LogP) is 0.718. The molecule has 0 aliphatic carbocycles. The van der Waals surface area contributed by atoms with Crippen molar-refractivity contribution in [3.63, 3.8) is 0 Å². The summed E-state index contributed by atoms with van der Waals surface area (Å²) >= 11 is 0. The van der Waals surface area contributed by atoms with Crippen LogP contribution in [0.5, 0.6) is 0 Å². The third-order valence-corrected chi connectivity index (χ3v) is 2.08. The third-order valence-electron chi connectivity index (χ3n) is 2.08. The van der Waals surface area contributed by atoms with Crippen LogP contribution < -0.4 is 5.32 Å². The number of amides is 1. The molecule has 1 atom stereocenters. The summed E-state index contributed by atoms with van der Waals surface area (Å²) in [4.78, 5) is 15.4. The van der Waals surface area contributed by atoms with E-state index in [0.717, 1.165) is 0 Å². The van der Waals surface area contributed by atoms with E-state index in [1.165, 1.54) is 12.3 Å². The monoisotopic (exact) mass is 219 g/mol. The van der Waals surface area contributed by atoms with Crippen molar-refractivity contribution in [3.8, 4) is 6.07 Å². The summed E-state index contributed by atoms with van der Waals surface area (Å²) in [7, 11) is 1.58. The van der Waals surface area contributed by atoms with Crippen LogP contribution in [0.1, 0.15) is 23.0 Å². The van der Waals surface area contributed by atoms with E-state index < -0.39 is 0 Å². The van der Waals surface area contributed by atoms with Gasteiger partial charge in [-0.25, -0.2) is 4.98 Å². The molecule has 16 heavy (non-hydrogen) atoms. The number of carbonyl (C=O) groups is 1. The van der Waals surface area contributed by atoms with Gasteiger partial charge in [-0.2, -0.15) is 5.26 Å². The van der Waals surface area contributed by atoms with Crippen LogP contribution in [0.3, 0.4) is 0 Å². The highest BCUT2D eigenvalue weighted by Crippen LogP contribution is 1.98. The van der Waals surface area contributed by atoms with Crippen LogP contribution in [0.15, 0.2) is 18.3 Å². The van der Waals surface area contributed by atoms with Gasteiger partial charge in [0.05, 0.1) is 11.7 Å². The number of nitrogens with zero attached hydrogens (tertiary/aromatic N) is 2. The van der Waals surface area contributed by atoms with Gasteiger partial charge in [-0.1, -0.05) is 0 Å². The molecular formula is C11H13N3O2. The van der Waals surface area contributed by atoms with Crippen molar-refractivity contribution >= 4 is 5.91 Å². The van der Waals surface area contributed by atoms with Gasteiger partial charge in [0.2, 0.25) is 0 Å². The van der Waals surface area contributed by atoms with Crippen LogP contribution >= 0.6 is 0 Å². The summed E-state index contributed by atoms with van der Waals surface area (Å²) in [6.07, 6.45) is 1.33. The minimum Gasteiger partial charge on any atom is -0.380 e. The van der Waals surface area contributed by atoms with Crippen LogP contribution in [-0.2, 0) is 4.74 Å². The minimum absolute atomic E-state index is 0.0395. The molecule has 0 fully saturated rings. The lowest BCUT2D eigenvalue weighted by Gasteiger charge is -2.10. The zero-order chi connectivity index (χ0) is 12.0. The summed E-state index contributed by atoms with van der Waals surface area (Å²) in [6.45, 7) is 2.28. The molecule has 0 aliphatic heterocycles. The first-order valence-corrected chi connectivity index (χ1v) is 4.84. The second-order valence-corrected chi connectivity index (χ2v) is 3.30. The smallest absolute Gasteiger partial charge is 0.269 e. The number of carbonyl (C=O) groups excluding carboxylic acids is 1. The van der Waals surface area contributed by atoms with E-state index in [1.807, 2.05) is 13.0 Å². The molecule has 0 bridgehead atoms. The fourth-order valence-electron chi connectivity index (χ4n) is 1.00. The lowest BCUT2D eigenvalue weighted by atomic mass is 10.2. The van der Waals surface area contributed by atoms with Crippen molar-refractivity contribution in [2.24, 2.45) is 0 Å². The Morgan fingerprint density at radius 1 is 1.69 bits per heavy atom. The largest absolute Gasteiger partial charge is 0.380 e. The van der Waals surface area contributed by atoms with E-state index in [2.05, 4.69) is 10.3 Å². The lowest BCUT2D eigenvalue weighted by molar-refractivity contribution is 0.0866. The van der Waals surface area contributed by atoms with Gasteiger partial charge < -0.3 is 10.1 Å². The summed E-state index contributed by atoms with van der Waals surface area (Å²) in [5, 5.41) is 11.2. The number of nitriles is 1. The molecule has 1 aromatic heterocycles.